The molecule has 0 saturated heterocycles. The zero-order chi connectivity index (χ0) is 44.6. The first kappa shape index (κ1) is 40.2. The molecule has 0 saturated carbocycles. The molecule has 12 rings (SSSR count). The molecule has 0 heteroatoms. The normalized spacial score (nSPS) is 13.9. The molecule has 0 amide bonds. The topological polar surface area (TPSA) is 0 Å². The average Bonchev–Trinajstić information content (AvgIpc) is 3.83. The largest absolute Gasteiger partial charge is 0.0642 e. The Labute approximate surface area is 390 Å². The Morgan fingerprint density at radius 3 is 0.848 bits per heavy atom. The average molecular weight is 847 g/mol. The fourth-order valence-electron chi connectivity index (χ4n) is 12.4. The van der Waals surface area contributed by atoms with Crippen LogP contribution in [0.3, 0.4) is 0 Å². The second-order valence-corrected chi connectivity index (χ2v) is 18.8. The van der Waals surface area contributed by atoms with Gasteiger partial charge in [-0.3, -0.25) is 0 Å². The highest BCUT2D eigenvalue weighted by Crippen LogP contribution is 2.57. The number of hydrogen-bond donors (Lipinski definition) is 0. The molecule has 0 aliphatic heterocycles. The predicted molar refractivity (Wildman–Crippen MR) is 282 cm³/mol. The zero-order valence-electron chi connectivity index (χ0n) is 38.5. The molecule has 318 valence electrons. The van der Waals surface area contributed by atoms with Crippen molar-refractivity contribution < 1.29 is 0 Å². The summed E-state index contributed by atoms with van der Waals surface area (Å²) < 4.78 is 0. The summed E-state index contributed by atoms with van der Waals surface area (Å²) in [6.07, 6.45) is 4.22. The number of benzene rings is 10. The Bertz CT molecular complexity index is 3250. The Hall–Kier alpha value is -7.28. The van der Waals surface area contributed by atoms with Gasteiger partial charge in [-0.25, -0.2) is 0 Å². The van der Waals surface area contributed by atoms with Crippen molar-refractivity contribution in [2.75, 3.05) is 0 Å². The van der Waals surface area contributed by atoms with E-state index in [2.05, 4.69) is 234 Å². The van der Waals surface area contributed by atoms with E-state index in [1.165, 1.54) is 122 Å². The monoisotopic (exact) mass is 846 g/mol. The van der Waals surface area contributed by atoms with Gasteiger partial charge in [0.2, 0.25) is 0 Å². The minimum Gasteiger partial charge on any atom is -0.0642 e. The molecule has 10 aromatic rings. The summed E-state index contributed by atoms with van der Waals surface area (Å²) in [5.41, 5.74) is 24.1. The lowest BCUT2D eigenvalue weighted by molar-refractivity contribution is 0.490. The van der Waals surface area contributed by atoms with Crippen LogP contribution in [0.1, 0.15) is 75.6 Å². The molecule has 0 nitrogen and oxygen atoms in total. The third-order valence-electron chi connectivity index (χ3n) is 16.1. The van der Waals surface area contributed by atoms with Crippen LogP contribution >= 0.6 is 0 Å². The van der Waals surface area contributed by atoms with Crippen molar-refractivity contribution in [3.8, 4) is 77.9 Å². The lowest BCUT2D eigenvalue weighted by Crippen LogP contribution is -2.23. The molecule has 0 heterocycles. The van der Waals surface area contributed by atoms with Gasteiger partial charge in [-0.15, -0.1) is 0 Å². The van der Waals surface area contributed by atoms with Gasteiger partial charge in [0.1, 0.15) is 0 Å². The molecule has 10 aromatic carbocycles. The van der Waals surface area contributed by atoms with Gasteiger partial charge in [0, 0.05) is 10.8 Å². The Kier molecular flexibility index (Phi) is 9.58. The van der Waals surface area contributed by atoms with Gasteiger partial charge in [0.25, 0.3) is 0 Å². The van der Waals surface area contributed by atoms with Crippen LogP contribution in [0, 0.1) is 0 Å². The molecule has 0 unspecified atom stereocenters. The van der Waals surface area contributed by atoms with Crippen LogP contribution in [-0.4, -0.2) is 0 Å². The van der Waals surface area contributed by atoms with E-state index in [0.717, 1.165) is 25.7 Å². The molecule has 0 N–H and O–H groups in total. The lowest BCUT2D eigenvalue weighted by atomic mass is 9.72. The van der Waals surface area contributed by atoms with Crippen molar-refractivity contribution in [1.29, 1.82) is 0 Å². The van der Waals surface area contributed by atoms with Crippen molar-refractivity contribution >= 4 is 21.5 Å². The van der Waals surface area contributed by atoms with E-state index in [1.807, 2.05) is 0 Å². The number of hydrogen-bond acceptors (Lipinski definition) is 0. The number of fused-ring (bicyclic) bond motifs is 8. The molecule has 2 aliphatic rings. The first-order valence-electron chi connectivity index (χ1n) is 24.2. The van der Waals surface area contributed by atoms with Crippen LogP contribution in [0.15, 0.2) is 206 Å². The second kappa shape index (κ2) is 15.7. The van der Waals surface area contributed by atoms with Gasteiger partial charge < -0.3 is 0 Å². The SMILES string of the molecule is CCC1(CC)c2cc(-c3ccc(-c4cccc5ccccc45)cc3)ccc2-c2ccc(-c3ccc4c(c3)C(CC)(CC)c3cc(-c5ccc(-c6cccc7ccccc67)cc5)ccc3-4)cc21. The highest BCUT2D eigenvalue weighted by molar-refractivity contribution is 5.98. The molecule has 2 aliphatic carbocycles. The Morgan fingerprint density at radius 1 is 0.242 bits per heavy atom. The van der Waals surface area contributed by atoms with Crippen LogP contribution in [0.4, 0.5) is 0 Å². The summed E-state index contributed by atoms with van der Waals surface area (Å²) in [4.78, 5) is 0. The fourth-order valence-corrected chi connectivity index (χ4v) is 12.4. The Balaban J connectivity index is 0.864. The van der Waals surface area contributed by atoms with Gasteiger partial charge in [0.05, 0.1) is 0 Å². The summed E-state index contributed by atoms with van der Waals surface area (Å²) in [6, 6.07) is 78.2. The van der Waals surface area contributed by atoms with Crippen molar-refractivity contribution in [3.05, 3.63) is 229 Å². The van der Waals surface area contributed by atoms with Crippen molar-refractivity contribution in [1.82, 2.24) is 0 Å². The first-order valence-corrected chi connectivity index (χ1v) is 24.2. The maximum absolute atomic E-state index is 2.55. The quantitative estimate of drug-likeness (QED) is 0.136. The van der Waals surface area contributed by atoms with Gasteiger partial charge in [-0.05, 0) is 172 Å². The lowest BCUT2D eigenvalue weighted by Gasteiger charge is -2.31. The van der Waals surface area contributed by atoms with E-state index in [1.54, 1.807) is 0 Å². The summed E-state index contributed by atoms with van der Waals surface area (Å²) in [5.74, 6) is 0. The van der Waals surface area contributed by atoms with Crippen molar-refractivity contribution in [2.45, 2.75) is 64.2 Å². The standard InChI is InChI=1S/C66H54/c1-5-65(6-2)61-39-49(43-23-27-47(28-24-43)55-21-13-17-45-15-9-11-19-53(45)55)31-35-57(61)59-37-33-51(41-63(59)65)52-34-38-60-58-36-32-50(40-62(58)66(7-3,8-4)64(60)42-52)44-25-29-48(30-26-44)56-22-14-18-46-16-10-12-20-54(46)56/h9-42H,5-8H2,1-4H3. The maximum atomic E-state index is 2.55. The minimum absolute atomic E-state index is 0.0490. The second-order valence-electron chi connectivity index (χ2n) is 18.8. The summed E-state index contributed by atoms with van der Waals surface area (Å²) in [7, 11) is 0. The molecule has 0 spiro atoms. The summed E-state index contributed by atoms with van der Waals surface area (Å²) in [5, 5.41) is 5.14. The van der Waals surface area contributed by atoms with E-state index in [4.69, 9.17) is 0 Å². The predicted octanol–water partition coefficient (Wildman–Crippen LogP) is 18.5. The van der Waals surface area contributed by atoms with E-state index in [0.29, 0.717) is 0 Å². The maximum Gasteiger partial charge on any atom is 0.0210 e. The third kappa shape index (κ3) is 6.04. The highest BCUT2D eigenvalue weighted by atomic mass is 14.5. The zero-order valence-corrected chi connectivity index (χ0v) is 38.5. The van der Waals surface area contributed by atoms with Crippen LogP contribution in [0.2, 0.25) is 0 Å². The smallest absolute Gasteiger partial charge is 0.0210 e. The molecular formula is C66H54. The molecule has 0 radical (unpaired) electrons. The van der Waals surface area contributed by atoms with Crippen molar-refractivity contribution in [3.63, 3.8) is 0 Å². The van der Waals surface area contributed by atoms with Crippen LogP contribution < -0.4 is 0 Å². The molecular weight excluding hydrogens is 793 g/mol. The molecule has 0 fully saturated rings. The van der Waals surface area contributed by atoms with Crippen LogP contribution in [-0.2, 0) is 10.8 Å². The van der Waals surface area contributed by atoms with E-state index >= 15 is 0 Å². The third-order valence-corrected chi connectivity index (χ3v) is 16.1. The van der Waals surface area contributed by atoms with Gasteiger partial charge >= 0.3 is 0 Å². The fraction of sp³-hybridized carbons (Fsp3) is 0.152. The number of rotatable bonds is 9. The van der Waals surface area contributed by atoms with Gasteiger partial charge in [-0.2, -0.15) is 0 Å². The summed E-state index contributed by atoms with van der Waals surface area (Å²) in [6.45, 7) is 9.55. The molecule has 0 atom stereocenters. The highest BCUT2D eigenvalue weighted by Gasteiger charge is 2.43. The van der Waals surface area contributed by atoms with Crippen molar-refractivity contribution in [2.24, 2.45) is 0 Å². The Morgan fingerprint density at radius 2 is 0.515 bits per heavy atom. The minimum atomic E-state index is -0.0490. The van der Waals surface area contributed by atoms with E-state index in [-0.39, 0.29) is 10.8 Å². The first-order chi connectivity index (χ1) is 32.5. The van der Waals surface area contributed by atoms with E-state index in [9.17, 15) is 0 Å². The molecule has 66 heavy (non-hydrogen) atoms. The van der Waals surface area contributed by atoms with E-state index < -0.39 is 0 Å². The van der Waals surface area contributed by atoms with Gasteiger partial charge in [0.15, 0.2) is 0 Å². The van der Waals surface area contributed by atoms with Crippen LogP contribution in [0.5, 0.6) is 0 Å². The van der Waals surface area contributed by atoms with Crippen LogP contribution in [0.25, 0.3) is 99.4 Å². The molecule has 0 aromatic heterocycles. The summed E-state index contributed by atoms with van der Waals surface area (Å²) >= 11 is 0. The van der Waals surface area contributed by atoms with Gasteiger partial charge in [-0.1, -0.05) is 210 Å². The molecule has 0 bridgehead atoms.